The summed E-state index contributed by atoms with van der Waals surface area (Å²) in [5, 5.41) is 17.9. The number of carbonyl (C=O) groups excluding carboxylic acids is 1. The molecule has 1 aliphatic carbocycles. The summed E-state index contributed by atoms with van der Waals surface area (Å²) in [4.78, 5) is 14.2. The van der Waals surface area contributed by atoms with E-state index in [9.17, 15) is 10.1 Å². The van der Waals surface area contributed by atoms with Gasteiger partial charge in [0.05, 0.1) is 11.8 Å². The van der Waals surface area contributed by atoms with Crippen molar-refractivity contribution in [1.82, 2.24) is 15.1 Å². The van der Waals surface area contributed by atoms with Gasteiger partial charge in [0.25, 0.3) is 0 Å². The highest BCUT2D eigenvalue weighted by Crippen LogP contribution is 2.34. The van der Waals surface area contributed by atoms with Gasteiger partial charge >= 0.3 is 0 Å². The number of rotatable bonds is 7. The molecule has 24 heavy (non-hydrogen) atoms. The lowest BCUT2D eigenvalue weighted by atomic mass is 9.81. The number of amides is 1. The molecular weight excluding hydrogens is 360 g/mol. The Morgan fingerprint density at radius 3 is 2.50 bits per heavy atom. The van der Waals surface area contributed by atoms with E-state index >= 15 is 0 Å². The van der Waals surface area contributed by atoms with Crippen molar-refractivity contribution in [3.05, 3.63) is 0 Å². The Bertz CT molecular complexity index is 590. The van der Waals surface area contributed by atoms with Crippen LogP contribution >= 0.6 is 34.9 Å². The van der Waals surface area contributed by atoms with Crippen molar-refractivity contribution < 1.29 is 4.79 Å². The molecule has 5 nitrogen and oxygen atoms in total. The van der Waals surface area contributed by atoms with Crippen molar-refractivity contribution >= 4 is 40.8 Å². The fourth-order valence-electron chi connectivity index (χ4n) is 2.67. The summed E-state index contributed by atoms with van der Waals surface area (Å²) in [6.45, 7) is 4.35. The van der Waals surface area contributed by atoms with E-state index in [-0.39, 0.29) is 5.91 Å². The van der Waals surface area contributed by atoms with Crippen LogP contribution < -0.4 is 0 Å². The second-order valence-electron chi connectivity index (χ2n) is 6.48. The summed E-state index contributed by atoms with van der Waals surface area (Å²) in [7, 11) is 1.77. The van der Waals surface area contributed by atoms with Crippen LogP contribution in [0.1, 0.15) is 46.0 Å². The summed E-state index contributed by atoms with van der Waals surface area (Å²) in [6, 6.07) is 2.39. The molecule has 0 aliphatic heterocycles. The molecule has 0 unspecified atom stereocenters. The molecule has 1 saturated carbocycles. The number of nitriles is 1. The van der Waals surface area contributed by atoms with Gasteiger partial charge in [0, 0.05) is 12.8 Å². The number of thioether (sulfide) groups is 2. The highest BCUT2D eigenvalue weighted by molar-refractivity contribution is 8.03. The maximum atomic E-state index is 12.5. The minimum atomic E-state index is -0.616. The van der Waals surface area contributed by atoms with Crippen LogP contribution in [0.5, 0.6) is 0 Å². The molecule has 0 radical (unpaired) electrons. The van der Waals surface area contributed by atoms with E-state index in [2.05, 4.69) is 30.1 Å². The molecule has 8 heteroatoms. The number of hydrogen-bond acceptors (Lipinski definition) is 7. The second kappa shape index (κ2) is 9.07. The first-order valence-corrected chi connectivity index (χ1v) is 11.0. The molecule has 1 aliphatic rings. The largest absolute Gasteiger partial charge is 0.326 e. The molecular formula is C16H24N4OS3. The average Bonchev–Trinajstić information content (AvgIpc) is 3.05. The summed E-state index contributed by atoms with van der Waals surface area (Å²) in [6.07, 6.45) is 4.76. The van der Waals surface area contributed by atoms with E-state index in [1.54, 1.807) is 23.7 Å². The number of carbonyl (C=O) groups is 1. The fraction of sp³-hybridized carbons (Fsp3) is 0.750. The lowest BCUT2D eigenvalue weighted by molar-refractivity contribution is -0.131. The maximum absolute atomic E-state index is 12.5. The predicted octanol–water partition coefficient (Wildman–Crippen LogP) is 4.06. The molecule has 0 atom stereocenters. The zero-order chi connectivity index (χ0) is 17.6. The maximum Gasteiger partial charge on any atom is 0.234 e. The first kappa shape index (κ1) is 19.5. The smallest absolute Gasteiger partial charge is 0.234 e. The van der Waals surface area contributed by atoms with Gasteiger partial charge in [-0.2, -0.15) is 5.26 Å². The van der Waals surface area contributed by atoms with Crippen molar-refractivity contribution in [1.29, 1.82) is 5.26 Å². The first-order chi connectivity index (χ1) is 11.5. The van der Waals surface area contributed by atoms with E-state index in [1.807, 2.05) is 0 Å². The Morgan fingerprint density at radius 2 is 1.92 bits per heavy atom. The summed E-state index contributed by atoms with van der Waals surface area (Å²) >= 11 is 4.66. The van der Waals surface area contributed by atoms with Gasteiger partial charge < -0.3 is 4.90 Å². The highest BCUT2D eigenvalue weighted by Gasteiger charge is 2.38. The van der Waals surface area contributed by atoms with Crippen LogP contribution in [-0.4, -0.2) is 45.1 Å². The third-order valence-corrected chi connectivity index (χ3v) is 7.75. The Hall–Kier alpha value is -0.780. The van der Waals surface area contributed by atoms with Crippen LogP contribution in [0.3, 0.4) is 0 Å². The van der Waals surface area contributed by atoms with E-state index in [1.165, 1.54) is 23.1 Å². The van der Waals surface area contributed by atoms with E-state index in [4.69, 9.17) is 0 Å². The Balaban J connectivity index is 1.87. The van der Waals surface area contributed by atoms with Crippen LogP contribution in [0.15, 0.2) is 8.68 Å². The molecule has 0 bridgehead atoms. The Morgan fingerprint density at radius 1 is 1.29 bits per heavy atom. The van der Waals surface area contributed by atoms with Crippen LogP contribution in [0, 0.1) is 17.2 Å². The third kappa shape index (κ3) is 5.11. The van der Waals surface area contributed by atoms with Crippen molar-refractivity contribution in [3.63, 3.8) is 0 Å². The molecule has 0 saturated heterocycles. The highest BCUT2D eigenvalue weighted by atomic mass is 32.2. The topological polar surface area (TPSA) is 69.9 Å². The summed E-state index contributed by atoms with van der Waals surface area (Å²) < 4.78 is 1.77. The van der Waals surface area contributed by atoms with Gasteiger partial charge in [0.2, 0.25) is 5.91 Å². The molecule has 0 spiro atoms. The van der Waals surface area contributed by atoms with Crippen molar-refractivity contribution in [2.24, 2.45) is 5.92 Å². The van der Waals surface area contributed by atoms with E-state index < -0.39 is 5.54 Å². The van der Waals surface area contributed by atoms with Gasteiger partial charge in [-0.05, 0) is 18.8 Å². The minimum Gasteiger partial charge on any atom is -0.326 e. The number of aromatic nitrogens is 2. The van der Waals surface area contributed by atoms with Crippen molar-refractivity contribution in [2.45, 2.75) is 60.2 Å². The minimum absolute atomic E-state index is 0.00460. The average molecular weight is 385 g/mol. The molecule has 0 aromatic carbocycles. The molecule has 1 amide bonds. The molecule has 1 aromatic heterocycles. The van der Waals surface area contributed by atoms with E-state index in [0.717, 1.165) is 46.5 Å². The van der Waals surface area contributed by atoms with Crippen molar-refractivity contribution in [3.8, 4) is 6.07 Å². The quantitative estimate of drug-likeness (QED) is 0.660. The normalized spacial score (nSPS) is 16.8. The Labute approximate surface area is 156 Å². The second-order valence-corrected chi connectivity index (χ2v) is 9.95. The molecule has 1 fully saturated rings. The molecule has 1 aromatic rings. The Kier molecular flexibility index (Phi) is 7.38. The monoisotopic (exact) mass is 384 g/mol. The van der Waals surface area contributed by atoms with Gasteiger partial charge in [0.15, 0.2) is 8.68 Å². The third-order valence-electron chi connectivity index (χ3n) is 4.15. The fourth-order valence-corrected chi connectivity index (χ4v) is 5.58. The summed E-state index contributed by atoms with van der Waals surface area (Å²) in [5.41, 5.74) is -0.616. The summed E-state index contributed by atoms with van der Waals surface area (Å²) in [5.74, 6) is 1.94. The van der Waals surface area contributed by atoms with E-state index in [0.29, 0.717) is 11.7 Å². The molecule has 0 N–H and O–H groups in total. The molecule has 132 valence electrons. The van der Waals surface area contributed by atoms with Crippen molar-refractivity contribution in [2.75, 3.05) is 18.6 Å². The zero-order valence-electron chi connectivity index (χ0n) is 14.4. The van der Waals surface area contributed by atoms with Gasteiger partial charge in [-0.1, -0.05) is 68.0 Å². The van der Waals surface area contributed by atoms with Gasteiger partial charge in [-0.25, -0.2) is 0 Å². The van der Waals surface area contributed by atoms with Crippen LogP contribution in [0.25, 0.3) is 0 Å². The lowest BCUT2D eigenvalue weighted by Gasteiger charge is -2.38. The predicted molar refractivity (Wildman–Crippen MR) is 100 cm³/mol. The van der Waals surface area contributed by atoms with Gasteiger partial charge in [-0.15, -0.1) is 10.2 Å². The van der Waals surface area contributed by atoms with Crippen LogP contribution in [-0.2, 0) is 4.79 Å². The first-order valence-electron chi connectivity index (χ1n) is 8.24. The molecule has 2 rings (SSSR count). The molecule has 1 heterocycles. The van der Waals surface area contributed by atoms with Crippen LogP contribution in [0.2, 0.25) is 0 Å². The SMILES string of the molecule is CC(C)CSc1nnc(SCC(=O)N(C)C2(C#N)CCCCC2)s1. The van der Waals surface area contributed by atoms with Crippen LogP contribution in [0.4, 0.5) is 0 Å². The van der Waals surface area contributed by atoms with Gasteiger partial charge in [-0.3, -0.25) is 4.79 Å². The number of nitrogens with zero attached hydrogens (tertiary/aromatic N) is 4. The lowest BCUT2D eigenvalue weighted by Crippen LogP contribution is -2.50. The standard InChI is InChI=1S/C16H24N4OS3/c1-12(2)9-22-14-18-19-15(24-14)23-10-13(21)20(3)16(11-17)7-5-4-6-8-16/h12H,4-10H2,1-3H3. The number of hydrogen-bond donors (Lipinski definition) is 0. The van der Waals surface area contributed by atoms with Gasteiger partial charge in [0.1, 0.15) is 5.54 Å². The zero-order valence-corrected chi connectivity index (χ0v) is 16.9.